The standard InChI is InChI=1S/C30H29N3O3/c1-20-12-18-26(19-13-20)33-30(36-21(2)34)27(28(32-33)23-8-4-3-5-9-23)22-14-16-25(17-15-22)31-29(35)24-10-6-7-11-24/h3-5,8-9,12-19,24H,6-7,10-11H2,1-2H3,(H,31,35). The molecule has 1 amide bonds. The molecule has 6 nitrogen and oxygen atoms in total. The van der Waals surface area contributed by atoms with Crippen LogP contribution in [0.25, 0.3) is 28.1 Å². The minimum atomic E-state index is -0.426. The quantitative estimate of drug-likeness (QED) is 0.318. The minimum absolute atomic E-state index is 0.0815. The molecule has 5 rings (SSSR count). The lowest BCUT2D eigenvalue weighted by Gasteiger charge is -2.12. The minimum Gasteiger partial charge on any atom is -0.407 e. The first kappa shape index (κ1) is 23.5. The summed E-state index contributed by atoms with van der Waals surface area (Å²) in [5.74, 6) is 0.105. The Balaban J connectivity index is 1.59. The average molecular weight is 480 g/mol. The number of anilines is 1. The van der Waals surface area contributed by atoms with E-state index in [1.165, 1.54) is 6.92 Å². The summed E-state index contributed by atoms with van der Waals surface area (Å²) < 4.78 is 7.45. The van der Waals surface area contributed by atoms with E-state index in [2.05, 4.69) is 5.32 Å². The fourth-order valence-corrected chi connectivity index (χ4v) is 4.70. The van der Waals surface area contributed by atoms with Gasteiger partial charge in [0.1, 0.15) is 5.69 Å². The highest BCUT2D eigenvalue weighted by Gasteiger charge is 2.25. The molecule has 1 fully saturated rings. The molecule has 0 aliphatic heterocycles. The molecule has 1 heterocycles. The van der Waals surface area contributed by atoms with E-state index in [1.54, 1.807) is 4.68 Å². The molecule has 1 aliphatic rings. The van der Waals surface area contributed by atoms with Crippen molar-refractivity contribution >= 4 is 17.6 Å². The lowest BCUT2D eigenvalue weighted by molar-refractivity contribution is -0.132. The summed E-state index contributed by atoms with van der Waals surface area (Å²) >= 11 is 0. The molecule has 0 atom stereocenters. The van der Waals surface area contributed by atoms with Crippen LogP contribution in [0.15, 0.2) is 78.9 Å². The summed E-state index contributed by atoms with van der Waals surface area (Å²) in [6.07, 6.45) is 4.13. The van der Waals surface area contributed by atoms with E-state index >= 15 is 0 Å². The van der Waals surface area contributed by atoms with Crippen LogP contribution in [-0.4, -0.2) is 21.7 Å². The number of rotatable bonds is 6. The summed E-state index contributed by atoms with van der Waals surface area (Å²) in [4.78, 5) is 24.8. The van der Waals surface area contributed by atoms with Crippen molar-refractivity contribution in [1.82, 2.24) is 9.78 Å². The lowest BCUT2D eigenvalue weighted by Crippen LogP contribution is -2.20. The van der Waals surface area contributed by atoms with Crippen LogP contribution in [0, 0.1) is 12.8 Å². The van der Waals surface area contributed by atoms with Gasteiger partial charge in [-0.15, -0.1) is 0 Å². The summed E-state index contributed by atoms with van der Waals surface area (Å²) in [5.41, 5.74) is 5.82. The molecule has 4 aromatic rings. The Morgan fingerprint density at radius 3 is 2.19 bits per heavy atom. The number of ether oxygens (including phenoxy) is 1. The molecule has 182 valence electrons. The van der Waals surface area contributed by atoms with E-state index in [0.29, 0.717) is 17.1 Å². The molecule has 1 aromatic heterocycles. The predicted molar refractivity (Wildman–Crippen MR) is 141 cm³/mol. The van der Waals surface area contributed by atoms with Crippen LogP contribution >= 0.6 is 0 Å². The van der Waals surface area contributed by atoms with Crippen molar-refractivity contribution in [2.75, 3.05) is 5.32 Å². The van der Waals surface area contributed by atoms with Crippen LogP contribution in [0.3, 0.4) is 0 Å². The Labute approximate surface area is 210 Å². The Bertz CT molecular complexity index is 1370. The van der Waals surface area contributed by atoms with Crippen LogP contribution in [0.2, 0.25) is 0 Å². The Hall–Kier alpha value is -4.19. The number of benzene rings is 3. The van der Waals surface area contributed by atoms with Gasteiger partial charge in [-0.2, -0.15) is 9.78 Å². The second-order valence-electron chi connectivity index (χ2n) is 9.28. The van der Waals surface area contributed by atoms with E-state index in [-0.39, 0.29) is 11.8 Å². The molecule has 6 heteroatoms. The van der Waals surface area contributed by atoms with Gasteiger partial charge in [0.2, 0.25) is 11.8 Å². The first-order chi connectivity index (χ1) is 17.5. The van der Waals surface area contributed by atoms with Crippen molar-refractivity contribution in [3.05, 3.63) is 84.4 Å². The number of aryl methyl sites for hydroxylation is 1. The Morgan fingerprint density at radius 1 is 0.889 bits per heavy atom. The topological polar surface area (TPSA) is 73.2 Å². The van der Waals surface area contributed by atoms with Gasteiger partial charge in [0, 0.05) is 24.1 Å². The van der Waals surface area contributed by atoms with Crippen LogP contribution in [0.4, 0.5) is 5.69 Å². The predicted octanol–water partition coefficient (Wildman–Crippen LogP) is 6.57. The molecule has 0 saturated heterocycles. The van der Waals surface area contributed by atoms with Crippen molar-refractivity contribution in [3.8, 4) is 34.0 Å². The van der Waals surface area contributed by atoms with E-state index in [4.69, 9.17) is 9.84 Å². The van der Waals surface area contributed by atoms with Crippen LogP contribution in [0.1, 0.15) is 38.2 Å². The summed E-state index contributed by atoms with van der Waals surface area (Å²) in [5, 5.41) is 7.95. The number of hydrogen-bond donors (Lipinski definition) is 1. The van der Waals surface area contributed by atoms with Gasteiger partial charge in [-0.05, 0) is 49.6 Å². The average Bonchev–Trinajstić information content (AvgIpc) is 3.55. The lowest BCUT2D eigenvalue weighted by atomic mass is 10.0. The second-order valence-corrected chi connectivity index (χ2v) is 9.28. The van der Waals surface area contributed by atoms with Crippen molar-refractivity contribution in [2.24, 2.45) is 5.92 Å². The third-order valence-corrected chi connectivity index (χ3v) is 6.58. The van der Waals surface area contributed by atoms with Crippen molar-refractivity contribution < 1.29 is 14.3 Å². The highest BCUT2D eigenvalue weighted by molar-refractivity contribution is 5.93. The number of carbonyl (C=O) groups excluding carboxylic acids is 2. The zero-order valence-electron chi connectivity index (χ0n) is 20.5. The first-order valence-corrected chi connectivity index (χ1v) is 12.3. The summed E-state index contributed by atoms with van der Waals surface area (Å²) in [6, 6.07) is 25.4. The van der Waals surface area contributed by atoms with Gasteiger partial charge in [-0.25, -0.2) is 0 Å². The molecule has 0 bridgehead atoms. The van der Waals surface area contributed by atoms with Crippen LogP contribution < -0.4 is 10.1 Å². The van der Waals surface area contributed by atoms with Crippen molar-refractivity contribution in [3.63, 3.8) is 0 Å². The van der Waals surface area contributed by atoms with E-state index in [0.717, 1.165) is 53.7 Å². The fourth-order valence-electron chi connectivity index (χ4n) is 4.70. The highest BCUT2D eigenvalue weighted by atomic mass is 16.5. The number of nitrogens with zero attached hydrogens (tertiary/aromatic N) is 2. The molecule has 0 spiro atoms. The number of esters is 1. The number of hydrogen-bond acceptors (Lipinski definition) is 4. The zero-order chi connectivity index (χ0) is 25.1. The Kier molecular flexibility index (Phi) is 6.67. The van der Waals surface area contributed by atoms with Crippen LogP contribution in [-0.2, 0) is 9.59 Å². The van der Waals surface area contributed by atoms with Crippen molar-refractivity contribution in [2.45, 2.75) is 39.5 Å². The number of amides is 1. The van der Waals surface area contributed by atoms with Gasteiger partial charge in [0.05, 0.1) is 11.3 Å². The molecular formula is C30H29N3O3. The maximum absolute atomic E-state index is 12.6. The number of carbonyl (C=O) groups is 2. The normalized spacial score (nSPS) is 13.5. The molecule has 3 aromatic carbocycles. The van der Waals surface area contributed by atoms with Crippen LogP contribution in [0.5, 0.6) is 5.88 Å². The largest absolute Gasteiger partial charge is 0.407 e. The second kappa shape index (κ2) is 10.2. The van der Waals surface area contributed by atoms with E-state index in [1.807, 2.05) is 85.8 Å². The van der Waals surface area contributed by atoms with E-state index in [9.17, 15) is 9.59 Å². The number of nitrogens with one attached hydrogen (secondary N) is 1. The third-order valence-electron chi connectivity index (χ3n) is 6.58. The maximum Gasteiger partial charge on any atom is 0.309 e. The first-order valence-electron chi connectivity index (χ1n) is 12.3. The summed E-state index contributed by atoms with van der Waals surface area (Å²) in [7, 11) is 0. The number of aromatic nitrogens is 2. The smallest absolute Gasteiger partial charge is 0.309 e. The van der Waals surface area contributed by atoms with Gasteiger partial charge >= 0.3 is 5.97 Å². The molecule has 1 N–H and O–H groups in total. The van der Waals surface area contributed by atoms with Gasteiger partial charge < -0.3 is 10.1 Å². The highest BCUT2D eigenvalue weighted by Crippen LogP contribution is 2.41. The molecule has 0 unspecified atom stereocenters. The summed E-state index contributed by atoms with van der Waals surface area (Å²) in [6.45, 7) is 3.41. The van der Waals surface area contributed by atoms with Crippen molar-refractivity contribution in [1.29, 1.82) is 0 Å². The molecule has 0 radical (unpaired) electrons. The zero-order valence-corrected chi connectivity index (χ0v) is 20.5. The maximum atomic E-state index is 12.6. The van der Waals surface area contributed by atoms with E-state index < -0.39 is 5.97 Å². The van der Waals surface area contributed by atoms with Gasteiger partial charge in [0.15, 0.2) is 0 Å². The third kappa shape index (κ3) is 4.93. The van der Waals surface area contributed by atoms with Gasteiger partial charge in [0.25, 0.3) is 0 Å². The Morgan fingerprint density at radius 2 is 1.56 bits per heavy atom. The van der Waals surface area contributed by atoms with Gasteiger partial charge in [-0.3, -0.25) is 9.59 Å². The molecule has 36 heavy (non-hydrogen) atoms. The van der Waals surface area contributed by atoms with Gasteiger partial charge in [-0.1, -0.05) is 73.0 Å². The fraction of sp³-hybridized carbons (Fsp3) is 0.233. The molecular weight excluding hydrogens is 450 g/mol. The monoisotopic (exact) mass is 479 g/mol. The molecule has 1 aliphatic carbocycles. The molecule has 1 saturated carbocycles. The SMILES string of the molecule is CC(=O)Oc1c(-c2ccc(NC(=O)C3CCCC3)cc2)c(-c2ccccc2)nn1-c1ccc(C)cc1.